The SMILES string of the molecule is CC.CC/C=C\NC(C)c1cncc(CC(=O)NCC)c1. The van der Waals surface area contributed by atoms with Gasteiger partial charge in [-0.15, -0.1) is 0 Å². The van der Waals surface area contributed by atoms with Crippen molar-refractivity contribution < 1.29 is 4.79 Å². The Bertz CT molecular complexity index is 430. The monoisotopic (exact) mass is 291 g/mol. The van der Waals surface area contributed by atoms with Crippen molar-refractivity contribution in [3.05, 3.63) is 41.9 Å². The first-order valence-electron chi connectivity index (χ1n) is 7.79. The first-order chi connectivity index (χ1) is 10.2. The molecule has 0 spiro atoms. The highest BCUT2D eigenvalue weighted by atomic mass is 16.1. The smallest absolute Gasteiger partial charge is 0.224 e. The Labute approximate surface area is 129 Å². The Hall–Kier alpha value is -1.84. The summed E-state index contributed by atoms with van der Waals surface area (Å²) in [5.41, 5.74) is 2.03. The molecule has 0 saturated carbocycles. The molecule has 0 aromatic carbocycles. The molecule has 1 heterocycles. The average Bonchev–Trinajstić information content (AvgIpc) is 2.50. The fraction of sp³-hybridized carbons (Fsp3) is 0.529. The molecular weight excluding hydrogens is 262 g/mol. The van der Waals surface area contributed by atoms with Crippen LogP contribution in [0.2, 0.25) is 0 Å². The number of amides is 1. The lowest BCUT2D eigenvalue weighted by Gasteiger charge is -2.13. The van der Waals surface area contributed by atoms with Crippen LogP contribution in [0.1, 0.15) is 58.2 Å². The minimum absolute atomic E-state index is 0.0351. The molecule has 1 aromatic heterocycles. The van der Waals surface area contributed by atoms with Gasteiger partial charge in [0.05, 0.1) is 6.42 Å². The van der Waals surface area contributed by atoms with Crippen LogP contribution in [-0.4, -0.2) is 17.4 Å². The molecule has 1 atom stereocenters. The molecule has 4 nitrogen and oxygen atoms in total. The Morgan fingerprint density at radius 3 is 2.67 bits per heavy atom. The van der Waals surface area contributed by atoms with Crippen LogP contribution in [0, 0.1) is 0 Å². The predicted octanol–water partition coefficient (Wildman–Crippen LogP) is 3.36. The maximum absolute atomic E-state index is 11.5. The number of hydrogen-bond acceptors (Lipinski definition) is 3. The van der Waals surface area contributed by atoms with Crippen molar-refractivity contribution in [2.75, 3.05) is 6.54 Å². The van der Waals surface area contributed by atoms with E-state index in [1.165, 1.54) is 0 Å². The normalized spacial score (nSPS) is 11.5. The molecule has 0 radical (unpaired) electrons. The van der Waals surface area contributed by atoms with Crippen LogP contribution < -0.4 is 10.6 Å². The first kappa shape index (κ1) is 19.2. The molecule has 0 fully saturated rings. The third-order valence-corrected chi connectivity index (χ3v) is 2.75. The van der Waals surface area contributed by atoms with Gasteiger partial charge in [-0.05, 0) is 37.6 Å². The lowest BCUT2D eigenvalue weighted by molar-refractivity contribution is -0.120. The van der Waals surface area contributed by atoms with Crippen LogP contribution in [0.4, 0.5) is 0 Å². The van der Waals surface area contributed by atoms with Gasteiger partial charge in [0.1, 0.15) is 0 Å². The number of hydrogen-bond donors (Lipinski definition) is 2. The average molecular weight is 291 g/mol. The summed E-state index contributed by atoms with van der Waals surface area (Å²) in [6.07, 6.45) is 9.00. The van der Waals surface area contributed by atoms with Crippen LogP contribution >= 0.6 is 0 Å². The van der Waals surface area contributed by atoms with Gasteiger partial charge >= 0.3 is 0 Å². The molecule has 1 unspecified atom stereocenters. The number of likely N-dealkylation sites (N-methyl/N-ethyl adjacent to an activating group) is 1. The lowest BCUT2D eigenvalue weighted by atomic mass is 10.1. The zero-order valence-electron chi connectivity index (χ0n) is 13.9. The Balaban J connectivity index is 0.00000191. The number of rotatable bonds is 7. The summed E-state index contributed by atoms with van der Waals surface area (Å²) in [5.74, 6) is 0.0351. The minimum Gasteiger partial charge on any atom is -0.385 e. The van der Waals surface area contributed by atoms with E-state index in [1.807, 2.05) is 39.2 Å². The number of aromatic nitrogens is 1. The summed E-state index contributed by atoms with van der Waals surface area (Å²) in [6.45, 7) is 10.7. The second-order valence-electron chi connectivity index (χ2n) is 4.46. The number of nitrogens with one attached hydrogen (secondary N) is 2. The van der Waals surface area contributed by atoms with E-state index in [-0.39, 0.29) is 11.9 Å². The molecule has 21 heavy (non-hydrogen) atoms. The molecule has 1 rings (SSSR count). The number of carbonyl (C=O) groups is 1. The fourth-order valence-electron chi connectivity index (χ4n) is 1.71. The zero-order valence-corrected chi connectivity index (χ0v) is 13.9. The van der Waals surface area contributed by atoms with Crippen molar-refractivity contribution in [2.45, 2.75) is 53.5 Å². The molecule has 0 aliphatic rings. The van der Waals surface area contributed by atoms with Gasteiger partial charge in [0.15, 0.2) is 0 Å². The molecular formula is C17H29N3O. The van der Waals surface area contributed by atoms with Gasteiger partial charge in [0, 0.05) is 25.0 Å². The lowest BCUT2D eigenvalue weighted by Crippen LogP contribution is -2.24. The number of carbonyl (C=O) groups excluding carboxylic acids is 1. The third-order valence-electron chi connectivity index (χ3n) is 2.75. The Kier molecular flexibility index (Phi) is 10.9. The molecule has 0 bridgehead atoms. The van der Waals surface area contributed by atoms with Crippen LogP contribution in [0.15, 0.2) is 30.7 Å². The topological polar surface area (TPSA) is 54.0 Å². The van der Waals surface area contributed by atoms with E-state index >= 15 is 0 Å². The highest BCUT2D eigenvalue weighted by Crippen LogP contribution is 2.13. The van der Waals surface area contributed by atoms with Crippen molar-refractivity contribution in [2.24, 2.45) is 0 Å². The summed E-state index contributed by atoms with van der Waals surface area (Å²) in [6, 6.07) is 2.21. The Morgan fingerprint density at radius 1 is 1.33 bits per heavy atom. The van der Waals surface area contributed by atoms with E-state index in [9.17, 15) is 4.79 Å². The molecule has 0 aliphatic heterocycles. The maximum Gasteiger partial charge on any atom is 0.224 e. The largest absolute Gasteiger partial charge is 0.385 e. The van der Waals surface area contributed by atoms with Gasteiger partial charge in [0.2, 0.25) is 5.91 Å². The van der Waals surface area contributed by atoms with Crippen molar-refractivity contribution >= 4 is 5.91 Å². The minimum atomic E-state index is 0.0351. The van der Waals surface area contributed by atoms with E-state index in [0.717, 1.165) is 17.5 Å². The van der Waals surface area contributed by atoms with E-state index < -0.39 is 0 Å². The van der Waals surface area contributed by atoms with Crippen LogP contribution in [0.3, 0.4) is 0 Å². The van der Waals surface area contributed by atoms with Crippen molar-refractivity contribution in [3.8, 4) is 0 Å². The predicted molar refractivity (Wildman–Crippen MR) is 89.0 cm³/mol. The van der Waals surface area contributed by atoms with Crippen molar-refractivity contribution in [3.63, 3.8) is 0 Å². The quantitative estimate of drug-likeness (QED) is 0.810. The summed E-state index contributed by atoms with van der Waals surface area (Å²) in [4.78, 5) is 15.7. The first-order valence-corrected chi connectivity index (χ1v) is 7.79. The fourth-order valence-corrected chi connectivity index (χ4v) is 1.71. The van der Waals surface area contributed by atoms with Gasteiger partial charge in [-0.3, -0.25) is 9.78 Å². The van der Waals surface area contributed by atoms with E-state index in [0.29, 0.717) is 13.0 Å². The molecule has 0 saturated heterocycles. The second-order valence-corrected chi connectivity index (χ2v) is 4.46. The number of pyridine rings is 1. The van der Waals surface area contributed by atoms with E-state index in [2.05, 4.69) is 35.5 Å². The third kappa shape index (κ3) is 8.12. The molecule has 1 amide bonds. The summed E-state index contributed by atoms with van der Waals surface area (Å²) in [5, 5.41) is 6.08. The molecule has 0 aliphatic carbocycles. The molecule has 4 heteroatoms. The maximum atomic E-state index is 11.5. The van der Waals surface area contributed by atoms with Gasteiger partial charge in [-0.1, -0.05) is 32.9 Å². The Morgan fingerprint density at radius 2 is 2.05 bits per heavy atom. The summed E-state index contributed by atoms with van der Waals surface area (Å²) >= 11 is 0. The standard InChI is InChI=1S/C15H23N3O.C2H6/c1-4-6-7-18-12(3)14-8-13(10-16-11-14)9-15(19)17-5-2;1-2/h6-8,10-12,18H,4-5,9H2,1-3H3,(H,17,19);1-2H3/b7-6-;. The highest BCUT2D eigenvalue weighted by molar-refractivity contribution is 5.78. The van der Waals surface area contributed by atoms with Crippen molar-refractivity contribution in [1.29, 1.82) is 0 Å². The second kappa shape index (κ2) is 11.9. The van der Waals surface area contributed by atoms with Gasteiger partial charge in [0.25, 0.3) is 0 Å². The molecule has 118 valence electrons. The number of nitrogens with zero attached hydrogens (tertiary/aromatic N) is 1. The van der Waals surface area contributed by atoms with Crippen molar-refractivity contribution in [1.82, 2.24) is 15.6 Å². The van der Waals surface area contributed by atoms with Gasteiger partial charge in [-0.2, -0.15) is 0 Å². The molecule has 1 aromatic rings. The molecule has 2 N–H and O–H groups in total. The van der Waals surface area contributed by atoms with Gasteiger partial charge in [-0.25, -0.2) is 0 Å². The highest BCUT2D eigenvalue weighted by Gasteiger charge is 2.07. The summed E-state index contributed by atoms with van der Waals surface area (Å²) < 4.78 is 0. The number of allylic oxidation sites excluding steroid dienone is 1. The van der Waals surface area contributed by atoms with Gasteiger partial charge < -0.3 is 10.6 Å². The van der Waals surface area contributed by atoms with Crippen LogP contribution in [0.25, 0.3) is 0 Å². The van der Waals surface area contributed by atoms with E-state index in [1.54, 1.807) is 6.20 Å². The van der Waals surface area contributed by atoms with Crippen LogP contribution in [-0.2, 0) is 11.2 Å². The van der Waals surface area contributed by atoms with E-state index in [4.69, 9.17) is 0 Å². The zero-order chi connectivity index (χ0) is 16.1. The summed E-state index contributed by atoms with van der Waals surface area (Å²) in [7, 11) is 0. The van der Waals surface area contributed by atoms with Crippen LogP contribution in [0.5, 0.6) is 0 Å².